The van der Waals surface area contributed by atoms with Crippen LogP contribution in [-0.4, -0.2) is 20.3 Å². The second kappa shape index (κ2) is 7.96. The van der Waals surface area contributed by atoms with Crippen LogP contribution in [0.3, 0.4) is 0 Å². The van der Waals surface area contributed by atoms with Gasteiger partial charge in [0.05, 0.1) is 15.9 Å². The van der Waals surface area contributed by atoms with Crippen molar-refractivity contribution in [2.24, 2.45) is 0 Å². The van der Waals surface area contributed by atoms with Crippen LogP contribution in [0.4, 0.5) is 0 Å². The van der Waals surface area contributed by atoms with Gasteiger partial charge >= 0.3 is 5.97 Å². The van der Waals surface area contributed by atoms with Crippen molar-refractivity contribution in [3.63, 3.8) is 0 Å². The molecule has 5 aromatic rings. The van der Waals surface area contributed by atoms with E-state index >= 15 is 0 Å². The number of ether oxygens (including phenoxy) is 2. The molecule has 0 atom stereocenters. The maximum absolute atomic E-state index is 12.7. The van der Waals surface area contributed by atoms with E-state index in [1.807, 2.05) is 65.3 Å². The first-order valence-electron chi connectivity index (χ1n) is 9.42. The minimum atomic E-state index is -0.445. The molecule has 6 nitrogen and oxygen atoms in total. The lowest BCUT2D eigenvalue weighted by Gasteiger charge is -2.10. The third-order valence-corrected chi connectivity index (χ3v) is 5.57. The van der Waals surface area contributed by atoms with Crippen LogP contribution in [0.25, 0.3) is 15.9 Å². The van der Waals surface area contributed by atoms with Gasteiger partial charge < -0.3 is 13.9 Å². The van der Waals surface area contributed by atoms with E-state index in [-0.39, 0.29) is 13.2 Å². The van der Waals surface area contributed by atoms with Crippen molar-refractivity contribution in [2.75, 3.05) is 0 Å². The van der Waals surface area contributed by atoms with Crippen molar-refractivity contribution >= 4 is 33.2 Å². The highest BCUT2D eigenvalue weighted by molar-refractivity contribution is 7.18. The number of pyridine rings is 1. The molecular weight excluding hydrogens is 398 g/mol. The third kappa shape index (κ3) is 3.75. The number of carbonyl (C=O) groups is 1. The first kappa shape index (κ1) is 18.3. The van der Waals surface area contributed by atoms with Crippen LogP contribution in [0.1, 0.15) is 21.1 Å². The normalized spacial score (nSPS) is 11.1. The van der Waals surface area contributed by atoms with Gasteiger partial charge in [0.1, 0.15) is 35.2 Å². The molecule has 0 unspecified atom stereocenters. The number of hydrogen-bond acceptors (Lipinski definition) is 6. The number of imidazole rings is 1. The van der Waals surface area contributed by atoms with Crippen LogP contribution in [0.2, 0.25) is 0 Å². The maximum Gasteiger partial charge on any atom is 0.342 e. The zero-order chi connectivity index (χ0) is 20.3. The minimum Gasteiger partial charge on any atom is -0.486 e. The van der Waals surface area contributed by atoms with Crippen molar-refractivity contribution < 1.29 is 14.3 Å². The first-order valence-corrected chi connectivity index (χ1v) is 10.2. The maximum atomic E-state index is 12.7. The molecule has 148 valence electrons. The number of hydrogen-bond donors (Lipinski definition) is 0. The second-order valence-corrected chi connectivity index (χ2v) is 7.75. The fourth-order valence-electron chi connectivity index (χ4n) is 3.16. The fraction of sp³-hybridized carbons (Fsp3) is 0.0870. The third-order valence-electron chi connectivity index (χ3n) is 4.56. The molecule has 0 aliphatic carbocycles. The number of fused-ring (bicyclic) bond motifs is 2. The number of para-hydroxylation sites is 2. The number of esters is 1. The number of carbonyl (C=O) groups excluding carboxylic acids is 1. The smallest absolute Gasteiger partial charge is 0.342 e. The summed E-state index contributed by atoms with van der Waals surface area (Å²) in [7, 11) is 0. The van der Waals surface area contributed by atoms with Crippen molar-refractivity contribution in [1.82, 2.24) is 14.4 Å². The van der Waals surface area contributed by atoms with Gasteiger partial charge in [-0.3, -0.25) is 0 Å². The van der Waals surface area contributed by atoms with E-state index in [1.54, 1.807) is 18.2 Å². The highest BCUT2D eigenvalue weighted by Crippen LogP contribution is 2.24. The fourth-order valence-corrected chi connectivity index (χ4v) is 4.04. The van der Waals surface area contributed by atoms with E-state index in [9.17, 15) is 4.79 Å². The summed E-state index contributed by atoms with van der Waals surface area (Å²) in [4.78, 5) is 21.7. The first-order chi connectivity index (χ1) is 14.8. The molecule has 0 spiro atoms. The number of benzene rings is 2. The molecule has 0 saturated heterocycles. The predicted octanol–water partition coefficient (Wildman–Crippen LogP) is 4.88. The van der Waals surface area contributed by atoms with E-state index in [1.165, 1.54) is 11.3 Å². The molecule has 30 heavy (non-hydrogen) atoms. The van der Waals surface area contributed by atoms with Gasteiger partial charge in [-0.2, -0.15) is 0 Å². The predicted molar refractivity (Wildman–Crippen MR) is 115 cm³/mol. The Morgan fingerprint density at radius 1 is 0.933 bits per heavy atom. The molecule has 3 aromatic heterocycles. The molecule has 0 N–H and O–H groups in total. The minimum absolute atomic E-state index is 0.124. The van der Waals surface area contributed by atoms with Gasteiger partial charge in [-0.25, -0.2) is 14.8 Å². The monoisotopic (exact) mass is 415 g/mol. The molecule has 0 aliphatic heterocycles. The Bertz CT molecular complexity index is 1280. The molecule has 0 fully saturated rings. The van der Waals surface area contributed by atoms with Crippen LogP contribution >= 0.6 is 11.3 Å². The molecule has 0 bridgehead atoms. The van der Waals surface area contributed by atoms with Gasteiger partial charge in [-0.1, -0.05) is 30.3 Å². The summed E-state index contributed by atoms with van der Waals surface area (Å²) in [5, 5.41) is 0.757. The lowest BCUT2D eigenvalue weighted by Crippen LogP contribution is -2.08. The standard InChI is InChI=1S/C23H17N3O3S/c27-23(29-15-22-25-18-8-2-4-10-20(18)30-22)17-7-1-3-9-19(17)28-14-16-13-26-12-6-5-11-21(26)24-16/h1-13H,14-15H2. The number of aromatic nitrogens is 3. The molecule has 0 radical (unpaired) electrons. The second-order valence-electron chi connectivity index (χ2n) is 6.63. The van der Waals surface area contributed by atoms with Crippen molar-refractivity contribution in [3.8, 4) is 5.75 Å². The molecule has 0 saturated carbocycles. The summed E-state index contributed by atoms with van der Waals surface area (Å²) < 4.78 is 14.4. The Morgan fingerprint density at radius 2 is 1.77 bits per heavy atom. The van der Waals surface area contributed by atoms with E-state index in [2.05, 4.69) is 9.97 Å². The number of thiazole rings is 1. The largest absolute Gasteiger partial charge is 0.486 e. The highest BCUT2D eigenvalue weighted by atomic mass is 32.1. The summed E-state index contributed by atoms with van der Waals surface area (Å²) in [6, 6.07) is 20.7. The Labute approximate surface area is 176 Å². The molecule has 5 rings (SSSR count). The summed E-state index contributed by atoms with van der Waals surface area (Å²) in [6.45, 7) is 0.378. The SMILES string of the molecule is O=C(OCc1nc2ccccc2s1)c1ccccc1OCc1cn2ccccc2n1. The Kier molecular flexibility index (Phi) is 4.86. The highest BCUT2D eigenvalue weighted by Gasteiger charge is 2.15. The molecule has 3 heterocycles. The molecule has 0 aliphatic rings. The lowest BCUT2D eigenvalue weighted by molar-refractivity contribution is 0.0467. The number of rotatable bonds is 6. The van der Waals surface area contributed by atoms with Gasteiger partial charge in [-0.15, -0.1) is 11.3 Å². The van der Waals surface area contributed by atoms with Crippen LogP contribution in [0.15, 0.2) is 79.1 Å². The van der Waals surface area contributed by atoms with E-state index in [0.717, 1.165) is 26.6 Å². The summed E-state index contributed by atoms with van der Waals surface area (Å²) in [5.41, 5.74) is 2.91. The lowest BCUT2D eigenvalue weighted by atomic mass is 10.2. The molecule has 0 amide bonds. The van der Waals surface area contributed by atoms with Gasteiger partial charge in [0.15, 0.2) is 0 Å². The molecular formula is C23H17N3O3S. The quantitative estimate of drug-likeness (QED) is 0.370. The number of nitrogens with zero attached hydrogens (tertiary/aromatic N) is 3. The van der Waals surface area contributed by atoms with E-state index in [0.29, 0.717) is 11.3 Å². The van der Waals surface area contributed by atoms with Crippen LogP contribution in [0, 0.1) is 0 Å². The Hall–Kier alpha value is -3.71. The van der Waals surface area contributed by atoms with E-state index < -0.39 is 5.97 Å². The average Bonchev–Trinajstić information content (AvgIpc) is 3.39. The van der Waals surface area contributed by atoms with Crippen molar-refractivity contribution in [2.45, 2.75) is 13.2 Å². The Morgan fingerprint density at radius 3 is 2.67 bits per heavy atom. The average molecular weight is 415 g/mol. The summed E-state index contributed by atoms with van der Waals surface area (Å²) in [5.74, 6) is 0.0173. The summed E-state index contributed by atoms with van der Waals surface area (Å²) in [6.07, 6.45) is 3.84. The van der Waals surface area contributed by atoms with Gasteiger partial charge in [-0.05, 0) is 36.4 Å². The summed E-state index contributed by atoms with van der Waals surface area (Å²) >= 11 is 1.52. The van der Waals surface area contributed by atoms with Crippen LogP contribution < -0.4 is 4.74 Å². The van der Waals surface area contributed by atoms with Crippen LogP contribution in [0.5, 0.6) is 5.75 Å². The molecule has 7 heteroatoms. The zero-order valence-corrected chi connectivity index (χ0v) is 16.7. The topological polar surface area (TPSA) is 65.7 Å². The van der Waals surface area contributed by atoms with Gasteiger partial charge in [0, 0.05) is 12.4 Å². The van der Waals surface area contributed by atoms with Gasteiger partial charge in [0.25, 0.3) is 0 Å². The molecule has 2 aromatic carbocycles. The van der Waals surface area contributed by atoms with Crippen molar-refractivity contribution in [3.05, 3.63) is 95.4 Å². The van der Waals surface area contributed by atoms with Crippen molar-refractivity contribution in [1.29, 1.82) is 0 Å². The van der Waals surface area contributed by atoms with E-state index in [4.69, 9.17) is 9.47 Å². The Balaban J connectivity index is 1.27. The zero-order valence-electron chi connectivity index (χ0n) is 15.9. The van der Waals surface area contributed by atoms with Gasteiger partial charge in [0.2, 0.25) is 0 Å². The van der Waals surface area contributed by atoms with Crippen LogP contribution in [-0.2, 0) is 18.0 Å².